The van der Waals surface area contributed by atoms with E-state index in [-0.39, 0.29) is 5.92 Å². The number of rotatable bonds is 6. The van der Waals surface area contributed by atoms with Crippen molar-refractivity contribution < 1.29 is 9.47 Å². The minimum atomic E-state index is 0.0342. The summed E-state index contributed by atoms with van der Waals surface area (Å²) in [5.41, 5.74) is 7.59. The van der Waals surface area contributed by atoms with Crippen LogP contribution in [-0.2, 0) is 0 Å². The lowest BCUT2D eigenvalue weighted by molar-refractivity contribution is 0.355. The SMILES string of the molecule is COc1ccc(NC(N)=NCC(C)c2c(Cl)cccc2Cl)cc1OC. The first-order valence-electron chi connectivity index (χ1n) is 7.69. The van der Waals surface area contributed by atoms with Crippen LogP contribution in [0.15, 0.2) is 41.4 Å². The van der Waals surface area contributed by atoms with Crippen molar-refractivity contribution in [2.45, 2.75) is 12.8 Å². The molecule has 25 heavy (non-hydrogen) atoms. The number of halogens is 2. The van der Waals surface area contributed by atoms with Crippen molar-refractivity contribution in [3.05, 3.63) is 52.0 Å². The second-order valence-electron chi connectivity index (χ2n) is 5.46. The Bertz CT molecular complexity index is 746. The molecule has 0 aromatic heterocycles. The molecular weight excluding hydrogens is 361 g/mol. The third kappa shape index (κ3) is 4.94. The van der Waals surface area contributed by atoms with Crippen molar-refractivity contribution in [2.24, 2.45) is 10.7 Å². The molecule has 0 saturated carbocycles. The van der Waals surface area contributed by atoms with E-state index in [9.17, 15) is 0 Å². The van der Waals surface area contributed by atoms with Gasteiger partial charge in [0, 0.05) is 34.3 Å². The van der Waals surface area contributed by atoms with E-state index in [1.54, 1.807) is 26.4 Å². The Morgan fingerprint density at radius 3 is 2.36 bits per heavy atom. The molecule has 0 bridgehead atoms. The van der Waals surface area contributed by atoms with Gasteiger partial charge in [-0.05, 0) is 29.8 Å². The molecule has 3 N–H and O–H groups in total. The Kier molecular flexibility index (Phi) is 6.79. The summed E-state index contributed by atoms with van der Waals surface area (Å²) < 4.78 is 10.5. The predicted octanol–water partition coefficient (Wildman–Crippen LogP) is 4.54. The van der Waals surface area contributed by atoms with Crippen LogP contribution < -0.4 is 20.5 Å². The van der Waals surface area contributed by atoms with Crippen LogP contribution in [-0.4, -0.2) is 26.7 Å². The van der Waals surface area contributed by atoms with Gasteiger partial charge in [0.2, 0.25) is 0 Å². The predicted molar refractivity (Wildman–Crippen MR) is 105 cm³/mol. The maximum Gasteiger partial charge on any atom is 0.193 e. The molecule has 134 valence electrons. The molecule has 0 amide bonds. The lowest BCUT2D eigenvalue weighted by atomic mass is 10.0. The van der Waals surface area contributed by atoms with Gasteiger partial charge in [0.05, 0.1) is 14.2 Å². The molecule has 0 aliphatic carbocycles. The lowest BCUT2D eigenvalue weighted by Crippen LogP contribution is -2.23. The zero-order valence-corrected chi connectivity index (χ0v) is 15.9. The molecule has 5 nitrogen and oxygen atoms in total. The first-order valence-corrected chi connectivity index (χ1v) is 8.44. The van der Waals surface area contributed by atoms with Gasteiger partial charge < -0.3 is 20.5 Å². The fourth-order valence-corrected chi connectivity index (χ4v) is 3.18. The summed E-state index contributed by atoms with van der Waals surface area (Å²) >= 11 is 12.5. The van der Waals surface area contributed by atoms with E-state index in [1.807, 2.05) is 31.2 Å². The van der Waals surface area contributed by atoms with Crippen LogP contribution >= 0.6 is 23.2 Å². The van der Waals surface area contributed by atoms with Gasteiger partial charge in [-0.2, -0.15) is 0 Å². The molecule has 0 heterocycles. The van der Waals surface area contributed by atoms with Crippen LogP contribution in [0.2, 0.25) is 10.0 Å². The van der Waals surface area contributed by atoms with Gasteiger partial charge >= 0.3 is 0 Å². The zero-order chi connectivity index (χ0) is 18.4. The number of hydrogen-bond acceptors (Lipinski definition) is 3. The summed E-state index contributed by atoms with van der Waals surface area (Å²) in [7, 11) is 3.16. The largest absolute Gasteiger partial charge is 0.493 e. The molecule has 0 aliphatic rings. The van der Waals surface area contributed by atoms with Gasteiger partial charge in [-0.15, -0.1) is 0 Å². The zero-order valence-electron chi connectivity index (χ0n) is 14.3. The van der Waals surface area contributed by atoms with Crippen molar-refractivity contribution >= 4 is 34.8 Å². The lowest BCUT2D eigenvalue weighted by Gasteiger charge is -2.14. The number of guanidine groups is 1. The van der Waals surface area contributed by atoms with Crippen LogP contribution in [0.1, 0.15) is 18.4 Å². The second-order valence-corrected chi connectivity index (χ2v) is 6.27. The third-order valence-electron chi connectivity index (χ3n) is 3.68. The van der Waals surface area contributed by atoms with Crippen LogP contribution in [0.25, 0.3) is 0 Å². The summed E-state index contributed by atoms with van der Waals surface area (Å²) in [6.45, 7) is 2.45. The molecule has 2 aromatic rings. The summed E-state index contributed by atoms with van der Waals surface area (Å²) in [4.78, 5) is 4.37. The standard InChI is InChI=1S/C18H21Cl2N3O2/c1-11(17-13(19)5-4-6-14(17)20)10-22-18(21)23-12-7-8-15(24-2)16(9-12)25-3/h4-9,11H,10H2,1-3H3,(H3,21,22,23). The third-order valence-corrected chi connectivity index (χ3v) is 4.34. The van der Waals surface area contributed by atoms with E-state index < -0.39 is 0 Å². The topological polar surface area (TPSA) is 68.9 Å². The Morgan fingerprint density at radius 2 is 1.76 bits per heavy atom. The number of nitrogens with zero attached hydrogens (tertiary/aromatic N) is 1. The number of anilines is 1. The molecule has 1 unspecified atom stereocenters. The van der Waals surface area contributed by atoms with Crippen molar-refractivity contribution in [3.63, 3.8) is 0 Å². The average Bonchev–Trinajstić information content (AvgIpc) is 2.59. The molecule has 2 aromatic carbocycles. The minimum Gasteiger partial charge on any atom is -0.493 e. The van der Waals surface area contributed by atoms with Gasteiger partial charge in [-0.1, -0.05) is 36.2 Å². The highest BCUT2D eigenvalue weighted by Gasteiger charge is 2.13. The quantitative estimate of drug-likeness (QED) is 0.569. The van der Waals surface area contributed by atoms with E-state index in [0.29, 0.717) is 34.0 Å². The van der Waals surface area contributed by atoms with E-state index >= 15 is 0 Å². The van der Waals surface area contributed by atoms with Crippen LogP contribution in [0, 0.1) is 0 Å². The monoisotopic (exact) mass is 381 g/mol. The van der Waals surface area contributed by atoms with Gasteiger partial charge in [-0.3, -0.25) is 4.99 Å². The summed E-state index contributed by atoms with van der Waals surface area (Å²) in [6.07, 6.45) is 0. The highest BCUT2D eigenvalue weighted by Crippen LogP contribution is 2.32. The van der Waals surface area contributed by atoms with E-state index in [2.05, 4.69) is 10.3 Å². The number of methoxy groups -OCH3 is 2. The number of ether oxygens (including phenoxy) is 2. The second kappa shape index (κ2) is 8.83. The molecule has 7 heteroatoms. The number of nitrogens with two attached hydrogens (primary N) is 1. The van der Waals surface area contributed by atoms with Gasteiger partial charge in [0.1, 0.15) is 0 Å². The fraction of sp³-hybridized carbons (Fsp3) is 0.278. The van der Waals surface area contributed by atoms with Crippen molar-refractivity contribution in [2.75, 3.05) is 26.1 Å². The first kappa shape index (κ1) is 19.2. The summed E-state index contributed by atoms with van der Waals surface area (Å²) in [5, 5.41) is 4.28. The first-order chi connectivity index (χ1) is 12.0. The Morgan fingerprint density at radius 1 is 1.12 bits per heavy atom. The highest BCUT2D eigenvalue weighted by molar-refractivity contribution is 6.36. The molecule has 0 spiro atoms. The van der Waals surface area contributed by atoms with E-state index in [0.717, 1.165) is 11.3 Å². The Hall–Kier alpha value is -2.11. The number of nitrogens with one attached hydrogen (secondary N) is 1. The number of benzene rings is 2. The average molecular weight is 382 g/mol. The molecule has 1 atom stereocenters. The Balaban J connectivity index is 2.07. The van der Waals surface area contributed by atoms with E-state index in [1.165, 1.54) is 0 Å². The normalized spacial score (nSPS) is 12.6. The molecule has 0 fully saturated rings. The van der Waals surface area contributed by atoms with E-state index in [4.69, 9.17) is 38.4 Å². The van der Waals surface area contributed by atoms with Gasteiger partial charge in [-0.25, -0.2) is 0 Å². The smallest absolute Gasteiger partial charge is 0.193 e. The van der Waals surface area contributed by atoms with Crippen LogP contribution in [0.5, 0.6) is 11.5 Å². The summed E-state index contributed by atoms with van der Waals surface area (Å²) in [5.74, 6) is 1.58. The van der Waals surface area contributed by atoms with Gasteiger partial charge in [0.25, 0.3) is 0 Å². The molecule has 0 saturated heterocycles. The van der Waals surface area contributed by atoms with Crippen LogP contribution in [0.3, 0.4) is 0 Å². The maximum atomic E-state index is 6.23. The number of hydrogen-bond donors (Lipinski definition) is 2. The van der Waals surface area contributed by atoms with Crippen LogP contribution in [0.4, 0.5) is 5.69 Å². The minimum absolute atomic E-state index is 0.0342. The van der Waals surface area contributed by atoms with Crippen molar-refractivity contribution in [1.29, 1.82) is 0 Å². The molecule has 2 rings (SSSR count). The fourth-order valence-electron chi connectivity index (χ4n) is 2.41. The number of aliphatic imine (C=N–C) groups is 1. The molecular formula is C18H21Cl2N3O2. The van der Waals surface area contributed by atoms with Crippen molar-refractivity contribution in [1.82, 2.24) is 0 Å². The molecule has 0 radical (unpaired) electrons. The maximum absolute atomic E-state index is 6.23. The summed E-state index contributed by atoms with van der Waals surface area (Å²) in [6, 6.07) is 10.9. The molecule has 0 aliphatic heterocycles. The van der Waals surface area contributed by atoms with Crippen molar-refractivity contribution in [3.8, 4) is 11.5 Å². The highest BCUT2D eigenvalue weighted by atomic mass is 35.5. The Labute approximate surface area is 157 Å². The van der Waals surface area contributed by atoms with Gasteiger partial charge in [0.15, 0.2) is 17.5 Å².